The van der Waals surface area contributed by atoms with Crippen molar-refractivity contribution in [2.75, 3.05) is 0 Å². The molecule has 2 N–H and O–H groups in total. The van der Waals surface area contributed by atoms with Crippen LogP contribution in [0.2, 0.25) is 0 Å². The van der Waals surface area contributed by atoms with Crippen LogP contribution in [0.3, 0.4) is 0 Å². The topological polar surface area (TPSA) is 101 Å². The van der Waals surface area contributed by atoms with Crippen LogP contribution in [0.15, 0.2) is 42.6 Å². The third kappa shape index (κ3) is 2.78. The molecule has 0 unspecified atom stereocenters. The average molecular weight is 296 g/mol. The zero-order valence-electron chi connectivity index (χ0n) is 11.6. The second-order valence-electron chi connectivity index (χ2n) is 4.61. The lowest BCUT2D eigenvalue weighted by molar-refractivity contribution is 0.0687. The number of ether oxygens (including phenoxy) is 1. The molecular weight excluding hydrogens is 284 g/mol. The Bertz CT molecular complexity index is 794. The van der Waals surface area contributed by atoms with E-state index in [4.69, 9.17) is 9.84 Å². The molecule has 1 aromatic carbocycles. The van der Waals surface area contributed by atoms with Gasteiger partial charge in [-0.2, -0.15) is 0 Å². The maximum Gasteiger partial charge on any atom is 0.359 e. The second-order valence-corrected chi connectivity index (χ2v) is 4.61. The normalized spacial score (nSPS) is 10.4. The fourth-order valence-corrected chi connectivity index (χ4v) is 1.89. The molecule has 3 aromatic rings. The number of aromatic nitrogens is 4. The maximum atomic E-state index is 10.9. The summed E-state index contributed by atoms with van der Waals surface area (Å²) in [5, 5.41) is 18.3. The predicted molar refractivity (Wildman–Crippen MR) is 77.8 cm³/mol. The Morgan fingerprint density at radius 1 is 1.14 bits per heavy atom. The third-order valence-electron chi connectivity index (χ3n) is 3.04. The number of aryl methyl sites for hydroxylation is 1. The van der Waals surface area contributed by atoms with Crippen molar-refractivity contribution in [3.05, 3.63) is 54.0 Å². The molecule has 7 heteroatoms. The number of rotatable bonds is 4. The van der Waals surface area contributed by atoms with Crippen LogP contribution < -0.4 is 4.74 Å². The molecular formula is C15H12N4O3. The first-order valence-corrected chi connectivity index (χ1v) is 6.49. The first kappa shape index (κ1) is 13.7. The molecule has 0 aliphatic heterocycles. The summed E-state index contributed by atoms with van der Waals surface area (Å²) in [4.78, 5) is 15.2. The molecule has 0 fully saturated rings. The maximum absolute atomic E-state index is 10.9. The number of aromatic amines is 1. The van der Waals surface area contributed by atoms with Gasteiger partial charge in [-0.15, -0.1) is 0 Å². The van der Waals surface area contributed by atoms with Crippen LogP contribution >= 0.6 is 0 Å². The number of aromatic carboxylic acids is 1. The molecule has 3 rings (SSSR count). The Morgan fingerprint density at radius 3 is 2.50 bits per heavy atom. The molecule has 0 radical (unpaired) electrons. The van der Waals surface area contributed by atoms with Crippen LogP contribution in [-0.4, -0.2) is 31.5 Å². The highest BCUT2D eigenvalue weighted by Crippen LogP contribution is 2.25. The molecule has 0 amide bonds. The SMILES string of the molecule is Cc1ccc(-c2ccc(Oc3nn[nH]c3C(=O)O)cc2)cn1. The first-order valence-electron chi connectivity index (χ1n) is 6.49. The van der Waals surface area contributed by atoms with Crippen LogP contribution in [0.25, 0.3) is 11.1 Å². The van der Waals surface area contributed by atoms with Gasteiger partial charge in [0.2, 0.25) is 5.69 Å². The Hall–Kier alpha value is -3.22. The van der Waals surface area contributed by atoms with Crippen molar-refractivity contribution in [2.45, 2.75) is 6.92 Å². The van der Waals surface area contributed by atoms with Crippen LogP contribution in [0.5, 0.6) is 11.6 Å². The second kappa shape index (κ2) is 5.65. The summed E-state index contributed by atoms with van der Waals surface area (Å²) in [6, 6.07) is 11.1. The van der Waals surface area contributed by atoms with Gasteiger partial charge in [0, 0.05) is 17.5 Å². The number of carboxylic acid groups (broad SMARTS) is 1. The molecule has 110 valence electrons. The van der Waals surface area contributed by atoms with Crippen LogP contribution in [0.4, 0.5) is 0 Å². The van der Waals surface area contributed by atoms with Gasteiger partial charge in [-0.3, -0.25) is 4.98 Å². The Morgan fingerprint density at radius 2 is 1.86 bits per heavy atom. The van der Waals surface area contributed by atoms with Crippen LogP contribution in [0.1, 0.15) is 16.2 Å². The summed E-state index contributed by atoms with van der Waals surface area (Å²) in [5.74, 6) is -0.778. The highest BCUT2D eigenvalue weighted by Gasteiger charge is 2.16. The molecule has 7 nitrogen and oxygen atoms in total. The van der Waals surface area contributed by atoms with Gasteiger partial charge >= 0.3 is 5.97 Å². The van der Waals surface area contributed by atoms with Gasteiger partial charge in [-0.1, -0.05) is 28.5 Å². The lowest BCUT2D eigenvalue weighted by Gasteiger charge is -2.05. The van der Waals surface area contributed by atoms with Crippen LogP contribution in [0, 0.1) is 6.92 Å². The average Bonchev–Trinajstić information content (AvgIpc) is 2.97. The highest BCUT2D eigenvalue weighted by atomic mass is 16.5. The highest BCUT2D eigenvalue weighted by molar-refractivity contribution is 5.87. The van der Waals surface area contributed by atoms with Gasteiger partial charge in [-0.05, 0) is 30.7 Å². The van der Waals surface area contributed by atoms with Gasteiger partial charge in [0.25, 0.3) is 5.88 Å². The fourth-order valence-electron chi connectivity index (χ4n) is 1.89. The summed E-state index contributed by atoms with van der Waals surface area (Å²) in [7, 11) is 0. The molecule has 2 aromatic heterocycles. The molecule has 22 heavy (non-hydrogen) atoms. The van der Waals surface area contributed by atoms with Crippen molar-refractivity contribution >= 4 is 5.97 Å². The van der Waals surface area contributed by atoms with E-state index in [2.05, 4.69) is 20.4 Å². The van der Waals surface area contributed by atoms with E-state index in [1.807, 2.05) is 31.2 Å². The smallest absolute Gasteiger partial charge is 0.359 e. The van der Waals surface area contributed by atoms with E-state index in [1.165, 1.54) is 0 Å². The zero-order valence-corrected chi connectivity index (χ0v) is 11.6. The van der Waals surface area contributed by atoms with Gasteiger partial charge < -0.3 is 9.84 Å². The number of carbonyl (C=O) groups is 1. The van der Waals surface area contributed by atoms with Gasteiger partial charge in [-0.25, -0.2) is 9.89 Å². The van der Waals surface area contributed by atoms with E-state index in [9.17, 15) is 4.79 Å². The Kier molecular flexibility index (Phi) is 3.53. The number of pyridine rings is 1. The summed E-state index contributed by atoms with van der Waals surface area (Å²) < 4.78 is 5.42. The summed E-state index contributed by atoms with van der Waals surface area (Å²) in [5.41, 5.74) is 2.74. The van der Waals surface area contributed by atoms with E-state index in [-0.39, 0.29) is 11.6 Å². The van der Waals surface area contributed by atoms with Crippen molar-refractivity contribution in [3.8, 4) is 22.8 Å². The molecule has 0 saturated carbocycles. The minimum Gasteiger partial charge on any atom is -0.476 e. The lowest BCUT2D eigenvalue weighted by Crippen LogP contribution is -1.99. The van der Waals surface area contributed by atoms with Gasteiger partial charge in [0.05, 0.1) is 0 Å². The van der Waals surface area contributed by atoms with Crippen LogP contribution in [-0.2, 0) is 0 Å². The van der Waals surface area contributed by atoms with E-state index < -0.39 is 5.97 Å². The largest absolute Gasteiger partial charge is 0.476 e. The number of hydrogen-bond donors (Lipinski definition) is 2. The summed E-state index contributed by atoms with van der Waals surface area (Å²) >= 11 is 0. The van der Waals surface area contributed by atoms with Gasteiger partial charge in [0.15, 0.2) is 0 Å². The number of H-pyrrole nitrogens is 1. The van der Waals surface area contributed by atoms with Crippen molar-refractivity contribution in [3.63, 3.8) is 0 Å². The van der Waals surface area contributed by atoms with Crippen molar-refractivity contribution in [1.82, 2.24) is 20.4 Å². The van der Waals surface area contributed by atoms with Crippen molar-refractivity contribution in [1.29, 1.82) is 0 Å². The molecule has 0 saturated heterocycles. The predicted octanol–water partition coefficient (Wildman–Crippen LogP) is 2.67. The third-order valence-corrected chi connectivity index (χ3v) is 3.04. The van der Waals surface area contributed by atoms with E-state index >= 15 is 0 Å². The first-order chi connectivity index (χ1) is 10.6. The van der Waals surface area contributed by atoms with Crippen molar-refractivity contribution < 1.29 is 14.6 Å². The minimum atomic E-state index is -1.18. The quantitative estimate of drug-likeness (QED) is 0.767. The Labute approximate surface area is 125 Å². The summed E-state index contributed by atoms with van der Waals surface area (Å²) in [6.07, 6.45) is 1.80. The number of benzene rings is 1. The standard InChI is InChI=1S/C15H12N4O3/c1-9-2-3-11(8-16-9)10-4-6-12(7-5-10)22-14-13(15(20)21)17-19-18-14/h2-8H,1H3,(H,20,21)(H,17,18,19). The molecule has 2 heterocycles. The van der Waals surface area contributed by atoms with E-state index in [0.717, 1.165) is 16.8 Å². The number of carboxylic acids is 1. The lowest BCUT2D eigenvalue weighted by atomic mass is 10.1. The summed E-state index contributed by atoms with van der Waals surface area (Å²) in [6.45, 7) is 1.93. The minimum absolute atomic E-state index is 0.0720. The molecule has 0 atom stereocenters. The fraction of sp³-hybridized carbons (Fsp3) is 0.0667. The van der Waals surface area contributed by atoms with Crippen molar-refractivity contribution in [2.24, 2.45) is 0 Å². The number of nitrogens with one attached hydrogen (secondary N) is 1. The Balaban J connectivity index is 1.81. The van der Waals surface area contributed by atoms with E-state index in [0.29, 0.717) is 5.75 Å². The monoisotopic (exact) mass is 296 g/mol. The van der Waals surface area contributed by atoms with E-state index in [1.54, 1.807) is 18.3 Å². The molecule has 0 bridgehead atoms. The molecule has 0 spiro atoms. The molecule has 0 aliphatic rings. The zero-order chi connectivity index (χ0) is 15.5. The number of nitrogens with zero attached hydrogens (tertiary/aromatic N) is 3. The number of hydrogen-bond acceptors (Lipinski definition) is 5. The molecule has 0 aliphatic carbocycles. The van der Waals surface area contributed by atoms with Gasteiger partial charge in [0.1, 0.15) is 5.75 Å².